The summed E-state index contributed by atoms with van der Waals surface area (Å²) in [6.45, 7) is 5.86. The van der Waals surface area contributed by atoms with Crippen LogP contribution in [0, 0.1) is 19.7 Å². The first-order chi connectivity index (χ1) is 12.4. The quantitative estimate of drug-likeness (QED) is 0.896. The average Bonchev–Trinajstić information content (AvgIpc) is 2.79. The van der Waals surface area contributed by atoms with Gasteiger partial charge in [0.25, 0.3) is 5.91 Å². The van der Waals surface area contributed by atoms with Gasteiger partial charge in [0.1, 0.15) is 5.82 Å². The fourth-order valence-electron chi connectivity index (χ4n) is 3.48. The second kappa shape index (κ2) is 7.19. The summed E-state index contributed by atoms with van der Waals surface area (Å²) in [6, 6.07) is 7.61. The predicted molar refractivity (Wildman–Crippen MR) is 96.9 cm³/mol. The molecule has 26 heavy (non-hydrogen) atoms. The first-order valence-corrected chi connectivity index (χ1v) is 8.67. The van der Waals surface area contributed by atoms with Crippen molar-refractivity contribution in [1.82, 2.24) is 14.4 Å². The number of aryl methyl sites for hydroxylation is 1. The lowest BCUT2D eigenvalue weighted by Crippen LogP contribution is -2.39. The minimum atomic E-state index is -0.450. The van der Waals surface area contributed by atoms with Crippen molar-refractivity contribution in [1.29, 1.82) is 0 Å². The summed E-state index contributed by atoms with van der Waals surface area (Å²) in [6.07, 6.45) is 0.700. The van der Waals surface area contributed by atoms with Crippen molar-refractivity contribution in [3.63, 3.8) is 0 Å². The van der Waals surface area contributed by atoms with Crippen molar-refractivity contribution in [3.05, 3.63) is 53.1 Å². The van der Waals surface area contributed by atoms with E-state index in [2.05, 4.69) is 0 Å². The standard InChI is InChI=1S/C19H23FN4O2/c1-13-12-17(14(2)24(13)16-6-4-15(20)5-7-16)18(25)22-8-3-9-23(11-10-22)19(21)26/h4-7,12H,3,8-11H2,1-2H3,(H2,21,26). The molecule has 1 aliphatic heterocycles. The maximum absolute atomic E-state index is 13.2. The van der Waals surface area contributed by atoms with Gasteiger partial charge in [0.05, 0.1) is 5.56 Å². The van der Waals surface area contributed by atoms with Crippen LogP contribution in [-0.2, 0) is 0 Å². The Morgan fingerprint density at radius 3 is 2.27 bits per heavy atom. The molecule has 6 nitrogen and oxygen atoms in total. The molecule has 138 valence electrons. The van der Waals surface area contributed by atoms with Crippen LogP contribution < -0.4 is 5.73 Å². The number of urea groups is 1. The average molecular weight is 358 g/mol. The van der Waals surface area contributed by atoms with Gasteiger partial charge >= 0.3 is 6.03 Å². The van der Waals surface area contributed by atoms with E-state index < -0.39 is 6.03 Å². The van der Waals surface area contributed by atoms with Gasteiger partial charge in [-0.15, -0.1) is 0 Å². The number of hydrogen-bond donors (Lipinski definition) is 1. The molecule has 1 aromatic carbocycles. The molecule has 0 atom stereocenters. The van der Waals surface area contributed by atoms with Crippen LogP contribution in [-0.4, -0.2) is 52.5 Å². The molecule has 1 aromatic heterocycles. The number of primary amides is 1. The van der Waals surface area contributed by atoms with Gasteiger partial charge in [-0.3, -0.25) is 4.79 Å². The van der Waals surface area contributed by atoms with Crippen LogP contribution in [0.2, 0.25) is 0 Å². The van der Waals surface area contributed by atoms with Crippen LogP contribution in [0.3, 0.4) is 0 Å². The van der Waals surface area contributed by atoms with Crippen LogP contribution >= 0.6 is 0 Å². The Bertz CT molecular complexity index is 829. The number of aromatic nitrogens is 1. The number of carbonyl (C=O) groups is 2. The number of carbonyl (C=O) groups excluding carboxylic acids is 2. The van der Waals surface area contributed by atoms with Crippen molar-refractivity contribution in [2.75, 3.05) is 26.2 Å². The molecule has 0 saturated carbocycles. The molecule has 0 radical (unpaired) electrons. The highest BCUT2D eigenvalue weighted by molar-refractivity contribution is 5.96. The van der Waals surface area contributed by atoms with Crippen LogP contribution in [0.5, 0.6) is 0 Å². The minimum absolute atomic E-state index is 0.0576. The molecule has 2 heterocycles. The summed E-state index contributed by atoms with van der Waals surface area (Å²) in [5, 5.41) is 0. The summed E-state index contributed by atoms with van der Waals surface area (Å²) >= 11 is 0. The summed E-state index contributed by atoms with van der Waals surface area (Å²) in [5.41, 5.74) is 8.51. The van der Waals surface area contributed by atoms with E-state index in [4.69, 9.17) is 5.73 Å². The summed E-state index contributed by atoms with van der Waals surface area (Å²) in [7, 11) is 0. The zero-order valence-corrected chi connectivity index (χ0v) is 15.0. The topological polar surface area (TPSA) is 71.6 Å². The number of nitrogens with two attached hydrogens (primary N) is 1. The predicted octanol–water partition coefficient (Wildman–Crippen LogP) is 2.46. The fourth-order valence-corrected chi connectivity index (χ4v) is 3.48. The molecule has 0 spiro atoms. The Hall–Kier alpha value is -2.83. The van der Waals surface area contributed by atoms with Crippen LogP contribution in [0.25, 0.3) is 5.69 Å². The third-order valence-electron chi connectivity index (χ3n) is 4.84. The van der Waals surface area contributed by atoms with Gasteiger partial charge in [0.15, 0.2) is 0 Å². The molecular weight excluding hydrogens is 335 g/mol. The Kier molecular flexibility index (Phi) is 4.97. The number of nitrogens with zero attached hydrogens (tertiary/aromatic N) is 3. The smallest absolute Gasteiger partial charge is 0.314 e. The zero-order chi connectivity index (χ0) is 18.8. The van der Waals surface area contributed by atoms with Crippen LogP contribution in [0.1, 0.15) is 28.2 Å². The van der Waals surface area contributed by atoms with Crippen LogP contribution in [0.4, 0.5) is 9.18 Å². The molecule has 3 amide bonds. The van der Waals surface area contributed by atoms with Gasteiger partial charge in [-0.05, 0) is 50.6 Å². The summed E-state index contributed by atoms with van der Waals surface area (Å²) in [5.74, 6) is -0.353. The number of amides is 3. The molecule has 0 unspecified atom stereocenters. The highest BCUT2D eigenvalue weighted by Gasteiger charge is 2.25. The molecule has 1 aliphatic rings. The molecule has 1 fully saturated rings. The van der Waals surface area contributed by atoms with E-state index in [-0.39, 0.29) is 11.7 Å². The lowest BCUT2D eigenvalue weighted by atomic mass is 10.2. The van der Waals surface area contributed by atoms with E-state index in [9.17, 15) is 14.0 Å². The minimum Gasteiger partial charge on any atom is -0.351 e. The Morgan fingerprint density at radius 1 is 1.00 bits per heavy atom. The molecular formula is C19H23FN4O2. The third kappa shape index (κ3) is 3.42. The molecule has 2 aromatic rings. The van der Waals surface area contributed by atoms with E-state index in [0.717, 1.165) is 17.1 Å². The van der Waals surface area contributed by atoms with Crippen molar-refractivity contribution in [3.8, 4) is 5.69 Å². The summed E-state index contributed by atoms with van der Waals surface area (Å²) < 4.78 is 15.1. The lowest BCUT2D eigenvalue weighted by molar-refractivity contribution is 0.0762. The van der Waals surface area contributed by atoms with Gasteiger partial charge < -0.3 is 20.1 Å². The second-order valence-corrected chi connectivity index (χ2v) is 6.57. The molecule has 0 aliphatic carbocycles. The molecule has 0 bridgehead atoms. The lowest BCUT2D eigenvalue weighted by Gasteiger charge is -2.21. The highest BCUT2D eigenvalue weighted by atomic mass is 19.1. The van der Waals surface area contributed by atoms with Crippen molar-refractivity contribution < 1.29 is 14.0 Å². The monoisotopic (exact) mass is 358 g/mol. The zero-order valence-electron chi connectivity index (χ0n) is 15.0. The van der Waals surface area contributed by atoms with E-state index in [1.54, 1.807) is 21.9 Å². The maximum Gasteiger partial charge on any atom is 0.314 e. The molecule has 3 rings (SSSR count). The Balaban J connectivity index is 1.85. The van der Waals surface area contributed by atoms with Gasteiger partial charge in [0, 0.05) is 43.3 Å². The third-order valence-corrected chi connectivity index (χ3v) is 4.84. The molecule has 1 saturated heterocycles. The first-order valence-electron chi connectivity index (χ1n) is 8.67. The molecule has 2 N–H and O–H groups in total. The fraction of sp³-hybridized carbons (Fsp3) is 0.368. The first kappa shape index (κ1) is 18.0. The van der Waals surface area contributed by atoms with E-state index in [0.29, 0.717) is 38.2 Å². The van der Waals surface area contributed by atoms with E-state index >= 15 is 0 Å². The second-order valence-electron chi connectivity index (χ2n) is 6.57. The van der Waals surface area contributed by atoms with E-state index in [1.165, 1.54) is 12.1 Å². The number of halogens is 1. The van der Waals surface area contributed by atoms with Crippen molar-refractivity contribution >= 4 is 11.9 Å². The maximum atomic E-state index is 13.2. The van der Waals surface area contributed by atoms with Crippen LogP contribution in [0.15, 0.2) is 30.3 Å². The Labute approximate surface area is 152 Å². The number of benzene rings is 1. The summed E-state index contributed by atoms with van der Waals surface area (Å²) in [4.78, 5) is 27.7. The SMILES string of the molecule is Cc1cc(C(=O)N2CCCN(C(N)=O)CC2)c(C)n1-c1ccc(F)cc1. The number of hydrogen-bond acceptors (Lipinski definition) is 2. The van der Waals surface area contributed by atoms with Gasteiger partial charge in [-0.1, -0.05) is 0 Å². The normalized spacial score (nSPS) is 15.0. The Morgan fingerprint density at radius 2 is 1.62 bits per heavy atom. The largest absolute Gasteiger partial charge is 0.351 e. The van der Waals surface area contributed by atoms with Gasteiger partial charge in [-0.2, -0.15) is 0 Å². The molecule has 7 heteroatoms. The highest BCUT2D eigenvalue weighted by Crippen LogP contribution is 2.23. The van der Waals surface area contributed by atoms with Crippen molar-refractivity contribution in [2.24, 2.45) is 5.73 Å². The van der Waals surface area contributed by atoms with Gasteiger partial charge in [0.2, 0.25) is 0 Å². The van der Waals surface area contributed by atoms with Crippen molar-refractivity contribution in [2.45, 2.75) is 20.3 Å². The van der Waals surface area contributed by atoms with Gasteiger partial charge in [-0.25, -0.2) is 9.18 Å². The number of rotatable bonds is 2. The van der Waals surface area contributed by atoms with E-state index in [1.807, 2.05) is 24.5 Å².